The van der Waals surface area contributed by atoms with Crippen LogP contribution in [0.4, 0.5) is 0 Å². The standard InChI is InChI=1S/C9H9BrClN3O2/c10-5-1-2-7(11)6(3-5)9(15)13-4-8(12)14-16/h1-3,16H,4H2,(H2,12,14)(H,13,15). The summed E-state index contributed by atoms with van der Waals surface area (Å²) in [6.45, 7) is -0.0435. The first-order valence-corrected chi connectivity index (χ1v) is 5.41. The van der Waals surface area contributed by atoms with Gasteiger partial charge in [-0.2, -0.15) is 0 Å². The van der Waals surface area contributed by atoms with Crippen LogP contribution in [0, 0.1) is 0 Å². The second-order valence-electron chi connectivity index (χ2n) is 2.90. The minimum atomic E-state index is -0.391. The Hall–Kier alpha value is -1.27. The first-order valence-electron chi connectivity index (χ1n) is 4.24. The number of hydrogen-bond donors (Lipinski definition) is 3. The lowest BCUT2D eigenvalue weighted by atomic mass is 10.2. The minimum absolute atomic E-state index is 0.0435. The van der Waals surface area contributed by atoms with Gasteiger partial charge in [-0.3, -0.25) is 4.79 Å². The maximum atomic E-state index is 11.6. The number of carbonyl (C=O) groups is 1. The molecule has 1 rings (SSSR count). The van der Waals surface area contributed by atoms with Gasteiger partial charge in [-0.1, -0.05) is 32.7 Å². The monoisotopic (exact) mass is 305 g/mol. The molecule has 0 radical (unpaired) electrons. The molecule has 0 aliphatic rings. The van der Waals surface area contributed by atoms with E-state index >= 15 is 0 Å². The van der Waals surface area contributed by atoms with Crippen molar-refractivity contribution in [3.8, 4) is 0 Å². The number of hydrogen-bond acceptors (Lipinski definition) is 3. The lowest BCUT2D eigenvalue weighted by Gasteiger charge is -2.06. The van der Waals surface area contributed by atoms with E-state index in [9.17, 15) is 4.79 Å². The van der Waals surface area contributed by atoms with Crippen molar-refractivity contribution in [2.24, 2.45) is 10.9 Å². The summed E-state index contributed by atoms with van der Waals surface area (Å²) in [6.07, 6.45) is 0. The van der Waals surface area contributed by atoms with Gasteiger partial charge in [0.25, 0.3) is 5.91 Å². The number of halogens is 2. The van der Waals surface area contributed by atoms with Crippen LogP contribution in [-0.2, 0) is 0 Å². The molecule has 0 saturated heterocycles. The summed E-state index contributed by atoms with van der Waals surface area (Å²) >= 11 is 9.08. The molecule has 86 valence electrons. The number of rotatable bonds is 3. The lowest BCUT2D eigenvalue weighted by Crippen LogP contribution is -2.33. The fourth-order valence-electron chi connectivity index (χ4n) is 0.973. The van der Waals surface area contributed by atoms with Crippen LogP contribution < -0.4 is 11.1 Å². The van der Waals surface area contributed by atoms with Gasteiger partial charge >= 0.3 is 0 Å². The number of amidine groups is 1. The predicted octanol–water partition coefficient (Wildman–Crippen LogP) is 1.58. The number of amides is 1. The molecule has 0 unspecified atom stereocenters. The van der Waals surface area contributed by atoms with E-state index in [0.29, 0.717) is 10.6 Å². The molecule has 0 aromatic heterocycles. The van der Waals surface area contributed by atoms with Crippen molar-refractivity contribution in [2.45, 2.75) is 0 Å². The zero-order chi connectivity index (χ0) is 12.1. The summed E-state index contributed by atoms with van der Waals surface area (Å²) < 4.78 is 0.742. The molecule has 0 atom stereocenters. The molecule has 0 spiro atoms. The van der Waals surface area contributed by atoms with Gasteiger partial charge in [-0.05, 0) is 18.2 Å². The summed E-state index contributed by atoms with van der Waals surface area (Å²) in [5, 5.41) is 13.8. The fraction of sp³-hybridized carbons (Fsp3) is 0.111. The highest BCUT2D eigenvalue weighted by Crippen LogP contribution is 2.20. The van der Waals surface area contributed by atoms with Gasteiger partial charge in [-0.15, -0.1) is 0 Å². The van der Waals surface area contributed by atoms with Crippen LogP contribution in [0.15, 0.2) is 27.8 Å². The van der Waals surface area contributed by atoms with Crippen LogP contribution in [0.3, 0.4) is 0 Å². The number of nitrogens with one attached hydrogen (secondary N) is 1. The number of carbonyl (C=O) groups excluding carboxylic acids is 1. The predicted molar refractivity (Wildman–Crippen MR) is 64.9 cm³/mol. The van der Waals surface area contributed by atoms with Crippen LogP contribution in [-0.4, -0.2) is 23.5 Å². The maximum absolute atomic E-state index is 11.6. The highest BCUT2D eigenvalue weighted by Gasteiger charge is 2.10. The third-order valence-electron chi connectivity index (χ3n) is 1.73. The van der Waals surface area contributed by atoms with Gasteiger partial charge in [0, 0.05) is 4.47 Å². The third kappa shape index (κ3) is 3.39. The maximum Gasteiger partial charge on any atom is 0.253 e. The van der Waals surface area contributed by atoms with Crippen molar-refractivity contribution >= 4 is 39.3 Å². The van der Waals surface area contributed by atoms with Gasteiger partial charge in [0.1, 0.15) is 0 Å². The Morgan fingerprint density at radius 3 is 2.94 bits per heavy atom. The molecule has 1 aromatic carbocycles. The highest BCUT2D eigenvalue weighted by atomic mass is 79.9. The molecule has 1 aromatic rings. The fourth-order valence-corrected chi connectivity index (χ4v) is 1.54. The Labute approximate surface area is 105 Å². The molecule has 4 N–H and O–H groups in total. The van der Waals surface area contributed by atoms with Gasteiger partial charge in [-0.25, -0.2) is 0 Å². The van der Waals surface area contributed by atoms with E-state index in [1.165, 1.54) is 0 Å². The summed E-state index contributed by atoms with van der Waals surface area (Å²) in [4.78, 5) is 11.6. The Morgan fingerprint density at radius 1 is 1.62 bits per heavy atom. The van der Waals surface area contributed by atoms with Gasteiger partial charge in [0.2, 0.25) is 0 Å². The Morgan fingerprint density at radius 2 is 2.31 bits per heavy atom. The van der Waals surface area contributed by atoms with Crippen molar-refractivity contribution in [2.75, 3.05) is 6.54 Å². The van der Waals surface area contributed by atoms with Crippen molar-refractivity contribution in [3.63, 3.8) is 0 Å². The zero-order valence-corrected chi connectivity index (χ0v) is 10.4. The molecular formula is C9H9BrClN3O2. The summed E-state index contributed by atoms with van der Waals surface area (Å²) in [7, 11) is 0. The third-order valence-corrected chi connectivity index (χ3v) is 2.55. The van der Waals surface area contributed by atoms with Crippen molar-refractivity contribution < 1.29 is 10.0 Å². The van der Waals surface area contributed by atoms with E-state index in [4.69, 9.17) is 22.5 Å². The molecule has 16 heavy (non-hydrogen) atoms. The summed E-state index contributed by atoms with van der Waals surface area (Å²) in [6, 6.07) is 4.91. The molecule has 0 bridgehead atoms. The van der Waals surface area contributed by atoms with Crippen LogP contribution in [0.1, 0.15) is 10.4 Å². The average Bonchev–Trinajstić information content (AvgIpc) is 2.28. The van der Waals surface area contributed by atoms with E-state index < -0.39 is 5.91 Å². The number of nitrogens with two attached hydrogens (primary N) is 1. The molecule has 0 aliphatic heterocycles. The van der Waals surface area contributed by atoms with Gasteiger partial charge in [0.15, 0.2) is 5.84 Å². The number of benzene rings is 1. The van der Waals surface area contributed by atoms with Crippen molar-refractivity contribution in [1.82, 2.24) is 5.32 Å². The van der Waals surface area contributed by atoms with Gasteiger partial charge < -0.3 is 16.3 Å². The Kier molecular flexibility index (Phi) is 4.57. The lowest BCUT2D eigenvalue weighted by molar-refractivity contribution is 0.0959. The topological polar surface area (TPSA) is 87.7 Å². The van der Waals surface area contributed by atoms with E-state index in [2.05, 4.69) is 26.4 Å². The molecule has 0 fully saturated rings. The SMILES string of the molecule is N/C(CNC(=O)c1cc(Br)ccc1Cl)=N\O. The molecule has 0 saturated carbocycles. The summed E-state index contributed by atoms with van der Waals surface area (Å²) in [5.41, 5.74) is 5.53. The van der Waals surface area contributed by atoms with E-state index in [1.54, 1.807) is 18.2 Å². The van der Waals surface area contributed by atoms with Crippen molar-refractivity contribution in [1.29, 1.82) is 0 Å². The molecule has 7 heteroatoms. The molecular weight excluding hydrogens is 297 g/mol. The van der Waals surface area contributed by atoms with Crippen LogP contribution in [0.2, 0.25) is 5.02 Å². The van der Waals surface area contributed by atoms with E-state index in [1.807, 2.05) is 0 Å². The first-order chi connectivity index (χ1) is 7.54. The average molecular weight is 307 g/mol. The number of nitrogens with zero attached hydrogens (tertiary/aromatic N) is 1. The first kappa shape index (κ1) is 12.8. The van der Waals surface area contributed by atoms with Crippen LogP contribution in [0.5, 0.6) is 0 Å². The van der Waals surface area contributed by atoms with Crippen molar-refractivity contribution in [3.05, 3.63) is 33.3 Å². The number of oxime groups is 1. The van der Waals surface area contributed by atoms with Gasteiger partial charge in [0.05, 0.1) is 17.1 Å². The molecule has 0 heterocycles. The molecule has 1 amide bonds. The summed E-state index contributed by atoms with van der Waals surface area (Å²) in [5.74, 6) is -0.475. The smallest absolute Gasteiger partial charge is 0.253 e. The van der Waals surface area contributed by atoms with Crippen LogP contribution >= 0.6 is 27.5 Å². The normalized spacial score (nSPS) is 11.2. The molecule has 5 nitrogen and oxygen atoms in total. The molecule has 0 aliphatic carbocycles. The largest absolute Gasteiger partial charge is 0.409 e. The van der Waals surface area contributed by atoms with E-state index in [0.717, 1.165) is 4.47 Å². The van der Waals surface area contributed by atoms with E-state index in [-0.39, 0.29) is 12.4 Å². The second-order valence-corrected chi connectivity index (χ2v) is 4.22. The quantitative estimate of drug-likeness (QED) is 0.343. The minimum Gasteiger partial charge on any atom is -0.409 e. The highest BCUT2D eigenvalue weighted by molar-refractivity contribution is 9.10. The Bertz CT molecular complexity index is 437. The zero-order valence-electron chi connectivity index (χ0n) is 8.08. The Balaban J connectivity index is 2.77. The van der Waals surface area contributed by atoms with Crippen LogP contribution in [0.25, 0.3) is 0 Å². The second kappa shape index (κ2) is 5.72.